The van der Waals surface area contributed by atoms with Gasteiger partial charge in [-0.15, -0.1) is 0 Å². The molecule has 0 bridgehead atoms. The second-order valence-electron chi connectivity index (χ2n) is 4.95. The predicted molar refractivity (Wildman–Crippen MR) is 91.1 cm³/mol. The molecule has 0 radical (unpaired) electrons. The average Bonchev–Trinajstić information content (AvgIpc) is 2.56. The number of nitrogens with zero attached hydrogens (tertiary/aromatic N) is 2. The van der Waals surface area contributed by atoms with E-state index in [1.54, 1.807) is 6.92 Å². The van der Waals surface area contributed by atoms with E-state index >= 15 is 0 Å². The third kappa shape index (κ3) is 4.95. The van der Waals surface area contributed by atoms with Gasteiger partial charge in [0.2, 0.25) is 5.95 Å². The highest BCUT2D eigenvalue weighted by molar-refractivity contribution is 5.95. The Hall–Kier alpha value is -2.63. The smallest absolute Gasteiger partial charge is 0.343 e. The molecule has 1 aromatic heterocycles. The summed E-state index contributed by atoms with van der Waals surface area (Å²) >= 11 is 0. The van der Waals surface area contributed by atoms with Gasteiger partial charge >= 0.3 is 5.97 Å². The van der Waals surface area contributed by atoms with Crippen LogP contribution >= 0.6 is 0 Å². The molecule has 6 nitrogen and oxygen atoms in total. The summed E-state index contributed by atoms with van der Waals surface area (Å²) in [5, 5.41) is 6.31. The molecule has 0 saturated carbocycles. The summed E-state index contributed by atoms with van der Waals surface area (Å²) in [6.07, 6.45) is 3.61. The fourth-order valence-corrected chi connectivity index (χ4v) is 1.96. The number of carbonyl (C=O) groups is 1. The minimum absolute atomic E-state index is 0.306. The van der Waals surface area contributed by atoms with Crippen molar-refractivity contribution in [1.29, 1.82) is 0 Å². The highest BCUT2D eigenvalue weighted by Gasteiger charge is 2.16. The molecule has 0 fully saturated rings. The number of aromatic nitrogens is 2. The lowest BCUT2D eigenvalue weighted by molar-refractivity contribution is 0.0526. The van der Waals surface area contributed by atoms with Crippen LogP contribution in [0.25, 0.3) is 0 Å². The molecular weight excluding hydrogens is 292 g/mol. The summed E-state index contributed by atoms with van der Waals surface area (Å²) in [6, 6.07) is 9.56. The Bertz CT molecular complexity index is 632. The molecule has 2 rings (SSSR count). The van der Waals surface area contributed by atoms with Gasteiger partial charge < -0.3 is 15.4 Å². The van der Waals surface area contributed by atoms with Gasteiger partial charge in [-0.2, -0.15) is 4.98 Å². The number of carbonyl (C=O) groups excluding carboxylic acids is 1. The van der Waals surface area contributed by atoms with Gasteiger partial charge in [0, 0.05) is 18.4 Å². The highest BCUT2D eigenvalue weighted by atomic mass is 16.5. The number of para-hydroxylation sites is 1. The third-order valence-electron chi connectivity index (χ3n) is 3.13. The fourth-order valence-electron chi connectivity index (χ4n) is 1.96. The van der Waals surface area contributed by atoms with Crippen LogP contribution in [0.3, 0.4) is 0 Å². The maximum Gasteiger partial charge on any atom is 0.343 e. The lowest BCUT2D eigenvalue weighted by Gasteiger charge is -2.12. The van der Waals surface area contributed by atoms with Crippen molar-refractivity contribution in [3.63, 3.8) is 0 Å². The second-order valence-corrected chi connectivity index (χ2v) is 4.95. The van der Waals surface area contributed by atoms with E-state index < -0.39 is 5.97 Å². The van der Waals surface area contributed by atoms with Gasteiger partial charge in [0.15, 0.2) is 5.82 Å². The molecule has 2 N–H and O–H groups in total. The summed E-state index contributed by atoms with van der Waals surface area (Å²) in [4.78, 5) is 20.7. The topological polar surface area (TPSA) is 76.1 Å². The lowest BCUT2D eigenvalue weighted by Crippen LogP contribution is -2.13. The van der Waals surface area contributed by atoms with E-state index in [2.05, 4.69) is 27.5 Å². The molecule has 122 valence electrons. The van der Waals surface area contributed by atoms with Crippen LogP contribution in [-0.4, -0.2) is 29.1 Å². The average molecular weight is 314 g/mol. The first-order valence-electron chi connectivity index (χ1n) is 7.84. The van der Waals surface area contributed by atoms with Crippen molar-refractivity contribution >= 4 is 23.4 Å². The normalized spacial score (nSPS) is 10.2. The Morgan fingerprint density at radius 1 is 1.22 bits per heavy atom. The van der Waals surface area contributed by atoms with Gasteiger partial charge in [-0.3, -0.25) is 0 Å². The summed E-state index contributed by atoms with van der Waals surface area (Å²) in [5.41, 5.74) is 1.16. The first kappa shape index (κ1) is 16.7. The molecular formula is C17H22N4O2. The minimum atomic E-state index is -0.439. The monoisotopic (exact) mass is 314 g/mol. The van der Waals surface area contributed by atoms with Gasteiger partial charge in [-0.25, -0.2) is 9.78 Å². The van der Waals surface area contributed by atoms with Gasteiger partial charge in [0.1, 0.15) is 5.56 Å². The number of esters is 1. The summed E-state index contributed by atoms with van der Waals surface area (Å²) in [6.45, 7) is 4.98. The van der Waals surface area contributed by atoms with E-state index in [0.29, 0.717) is 23.9 Å². The summed E-state index contributed by atoms with van der Waals surface area (Å²) in [7, 11) is 0. The number of anilines is 3. The molecule has 0 amide bonds. The van der Waals surface area contributed by atoms with Crippen molar-refractivity contribution in [1.82, 2.24) is 9.97 Å². The van der Waals surface area contributed by atoms with Gasteiger partial charge in [-0.05, 0) is 25.5 Å². The molecule has 2 aromatic rings. The largest absolute Gasteiger partial charge is 0.462 e. The van der Waals surface area contributed by atoms with Crippen LogP contribution < -0.4 is 10.6 Å². The van der Waals surface area contributed by atoms with E-state index in [1.807, 2.05) is 30.3 Å². The number of rotatable bonds is 8. The van der Waals surface area contributed by atoms with E-state index in [-0.39, 0.29) is 0 Å². The third-order valence-corrected chi connectivity index (χ3v) is 3.13. The molecule has 1 aromatic carbocycles. The van der Waals surface area contributed by atoms with Crippen LogP contribution in [0, 0.1) is 0 Å². The SMILES string of the molecule is CCCCNc1ncc(C(=O)OCC)c(Nc2ccccc2)n1. The first-order chi connectivity index (χ1) is 11.2. The van der Waals surface area contributed by atoms with Crippen molar-refractivity contribution in [2.75, 3.05) is 23.8 Å². The molecule has 0 saturated heterocycles. The number of hydrogen-bond acceptors (Lipinski definition) is 6. The van der Waals surface area contributed by atoms with E-state index in [1.165, 1.54) is 6.20 Å². The predicted octanol–water partition coefficient (Wildman–Crippen LogP) is 3.61. The summed E-state index contributed by atoms with van der Waals surface area (Å²) in [5.74, 6) is 0.486. The molecule has 0 aliphatic heterocycles. The van der Waals surface area contributed by atoms with Crippen molar-refractivity contribution < 1.29 is 9.53 Å². The molecule has 0 atom stereocenters. The van der Waals surface area contributed by atoms with Gasteiger partial charge in [0.05, 0.1) is 6.61 Å². The van der Waals surface area contributed by atoms with E-state index in [4.69, 9.17) is 4.74 Å². The number of unbranched alkanes of at least 4 members (excludes halogenated alkanes) is 1. The Labute approximate surface area is 136 Å². The zero-order valence-electron chi connectivity index (χ0n) is 13.5. The van der Waals surface area contributed by atoms with Crippen LogP contribution in [0.1, 0.15) is 37.0 Å². The van der Waals surface area contributed by atoms with Crippen molar-refractivity contribution in [2.24, 2.45) is 0 Å². The molecule has 23 heavy (non-hydrogen) atoms. The first-order valence-corrected chi connectivity index (χ1v) is 7.84. The zero-order valence-corrected chi connectivity index (χ0v) is 13.5. The van der Waals surface area contributed by atoms with Crippen LogP contribution in [0.2, 0.25) is 0 Å². The Morgan fingerprint density at radius 3 is 2.70 bits per heavy atom. The Balaban J connectivity index is 2.25. The van der Waals surface area contributed by atoms with Crippen molar-refractivity contribution in [2.45, 2.75) is 26.7 Å². The minimum Gasteiger partial charge on any atom is -0.462 e. The molecule has 0 unspecified atom stereocenters. The zero-order chi connectivity index (χ0) is 16.5. The molecule has 0 aliphatic rings. The lowest BCUT2D eigenvalue weighted by atomic mass is 10.2. The maximum atomic E-state index is 12.1. The number of hydrogen-bond donors (Lipinski definition) is 2. The maximum absolute atomic E-state index is 12.1. The number of nitrogens with one attached hydrogen (secondary N) is 2. The van der Waals surface area contributed by atoms with Crippen molar-refractivity contribution in [3.05, 3.63) is 42.1 Å². The standard InChI is InChI=1S/C17H22N4O2/c1-3-5-11-18-17-19-12-14(16(22)23-4-2)15(21-17)20-13-9-7-6-8-10-13/h6-10,12H,3-5,11H2,1-2H3,(H2,18,19,20,21). The second kappa shape index (κ2) is 8.73. The molecule has 6 heteroatoms. The number of benzene rings is 1. The summed E-state index contributed by atoms with van der Waals surface area (Å²) < 4.78 is 5.07. The van der Waals surface area contributed by atoms with Gasteiger partial charge in [0.25, 0.3) is 0 Å². The molecule has 1 heterocycles. The quantitative estimate of drug-likeness (QED) is 0.572. The fraction of sp³-hybridized carbons (Fsp3) is 0.353. The Kier molecular flexibility index (Phi) is 6.35. The van der Waals surface area contributed by atoms with Crippen molar-refractivity contribution in [3.8, 4) is 0 Å². The van der Waals surface area contributed by atoms with Crippen LogP contribution in [0.15, 0.2) is 36.5 Å². The Morgan fingerprint density at radius 2 is 2.00 bits per heavy atom. The van der Waals surface area contributed by atoms with Crippen LogP contribution in [-0.2, 0) is 4.74 Å². The van der Waals surface area contributed by atoms with E-state index in [9.17, 15) is 4.79 Å². The van der Waals surface area contributed by atoms with Gasteiger partial charge in [-0.1, -0.05) is 31.5 Å². The molecule has 0 spiro atoms. The number of ether oxygens (including phenoxy) is 1. The van der Waals surface area contributed by atoms with E-state index in [0.717, 1.165) is 25.1 Å². The molecule has 0 aliphatic carbocycles. The van der Waals surface area contributed by atoms with Crippen LogP contribution in [0.5, 0.6) is 0 Å². The van der Waals surface area contributed by atoms with Crippen LogP contribution in [0.4, 0.5) is 17.5 Å². The highest BCUT2D eigenvalue weighted by Crippen LogP contribution is 2.20.